The summed E-state index contributed by atoms with van der Waals surface area (Å²) in [5.74, 6) is -0.0435. The maximum absolute atomic E-state index is 12.5. The molecule has 0 spiro atoms. The molecule has 0 unspecified atom stereocenters. The zero-order chi connectivity index (χ0) is 18.8. The third kappa shape index (κ3) is 3.30. The fourth-order valence-corrected chi connectivity index (χ4v) is 2.69. The van der Waals surface area contributed by atoms with Gasteiger partial charge in [0, 0.05) is 30.2 Å². The number of nitrogens with one attached hydrogen (secondary N) is 1. The highest BCUT2D eigenvalue weighted by atomic mass is 16.5. The predicted molar refractivity (Wildman–Crippen MR) is 101 cm³/mol. The second kappa shape index (κ2) is 6.80. The maximum atomic E-state index is 12.5. The number of carbonyl (C=O) groups is 1. The molecule has 7 heteroatoms. The first-order valence-corrected chi connectivity index (χ1v) is 8.17. The lowest BCUT2D eigenvalue weighted by atomic mass is 10.2. The van der Waals surface area contributed by atoms with E-state index in [1.165, 1.54) is 13.2 Å². The molecule has 4 aromatic rings. The van der Waals surface area contributed by atoms with E-state index in [1.54, 1.807) is 41.2 Å². The zero-order valence-electron chi connectivity index (χ0n) is 14.4. The molecule has 2 aromatic carbocycles. The molecule has 0 saturated heterocycles. The highest BCUT2D eigenvalue weighted by molar-refractivity contribution is 6.03. The van der Waals surface area contributed by atoms with Crippen LogP contribution in [-0.4, -0.2) is 22.8 Å². The Morgan fingerprint density at radius 1 is 1.15 bits per heavy atom. The van der Waals surface area contributed by atoms with Gasteiger partial charge in [-0.1, -0.05) is 0 Å². The largest absolute Gasteiger partial charge is 0.497 e. The van der Waals surface area contributed by atoms with Gasteiger partial charge in [-0.25, -0.2) is 4.68 Å². The SMILES string of the molecule is COc1ccc2c(=O)cc(C(=O)Nc3ccc(-n4cccn4)cc3)oc2c1. The van der Waals surface area contributed by atoms with Gasteiger partial charge >= 0.3 is 0 Å². The van der Waals surface area contributed by atoms with Crippen molar-refractivity contribution < 1.29 is 13.9 Å². The van der Waals surface area contributed by atoms with Crippen molar-refractivity contribution in [2.75, 3.05) is 12.4 Å². The van der Waals surface area contributed by atoms with Crippen molar-refractivity contribution in [3.8, 4) is 11.4 Å². The molecule has 0 bridgehead atoms. The van der Waals surface area contributed by atoms with E-state index in [2.05, 4.69) is 10.4 Å². The number of benzene rings is 2. The molecule has 1 N–H and O–H groups in total. The smallest absolute Gasteiger partial charge is 0.291 e. The average Bonchev–Trinajstić information content (AvgIpc) is 3.22. The summed E-state index contributed by atoms with van der Waals surface area (Å²) in [6.07, 6.45) is 3.51. The number of nitrogens with zero attached hydrogens (tertiary/aromatic N) is 2. The molecule has 0 aliphatic heterocycles. The monoisotopic (exact) mass is 361 g/mol. The summed E-state index contributed by atoms with van der Waals surface area (Å²) in [6, 6.07) is 15.0. The molecule has 27 heavy (non-hydrogen) atoms. The number of ether oxygens (including phenoxy) is 1. The summed E-state index contributed by atoms with van der Waals surface area (Å²) in [5.41, 5.74) is 1.44. The first kappa shape index (κ1) is 16.6. The Bertz CT molecular complexity index is 1160. The lowest BCUT2D eigenvalue weighted by Crippen LogP contribution is -2.15. The van der Waals surface area contributed by atoms with Gasteiger partial charge in [-0.3, -0.25) is 9.59 Å². The van der Waals surface area contributed by atoms with E-state index in [1.807, 2.05) is 24.4 Å². The van der Waals surface area contributed by atoms with Crippen LogP contribution in [0.15, 0.2) is 76.2 Å². The molecule has 4 rings (SSSR count). The van der Waals surface area contributed by atoms with Crippen LogP contribution in [0.3, 0.4) is 0 Å². The summed E-state index contributed by atoms with van der Waals surface area (Å²) in [4.78, 5) is 24.7. The first-order chi connectivity index (χ1) is 13.1. The van der Waals surface area contributed by atoms with Crippen LogP contribution in [-0.2, 0) is 0 Å². The number of rotatable bonds is 4. The van der Waals surface area contributed by atoms with Gasteiger partial charge in [0.15, 0.2) is 11.2 Å². The van der Waals surface area contributed by atoms with Crippen molar-refractivity contribution >= 4 is 22.6 Å². The molecule has 0 aliphatic rings. The predicted octanol–water partition coefficient (Wildman–Crippen LogP) is 3.24. The van der Waals surface area contributed by atoms with Crippen LogP contribution in [0.1, 0.15) is 10.6 Å². The third-order valence-corrected chi connectivity index (χ3v) is 4.05. The average molecular weight is 361 g/mol. The Hall–Kier alpha value is -3.87. The van der Waals surface area contributed by atoms with Crippen LogP contribution < -0.4 is 15.5 Å². The van der Waals surface area contributed by atoms with Crippen molar-refractivity contribution in [1.82, 2.24) is 9.78 Å². The Balaban J connectivity index is 1.60. The number of fused-ring (bicyclic) bond motifs is 1. The van der Waals surface area contributed by atoms with Crippen LogP contribution in [0.5, 0.6) is 5.75 Å². The van der Waals surface area contributed by atoms with Gasteiger partial charge in [0.1, 0.15) is 11.3 Å². The van der Waals surface area contributed by atoms with Gasteiger partial charge in [0.25, 0.3) is 5.91 Å². The Kier molecular flexibility index (Phi) is 4.18. The van der Waals surface area contributed by atoms with Crippen LogP contribution in [0.4, 0.5) is 5.69 Å². The maximum Gasteiger partial charge on any atom is 0.291 e. The van der Waals surface area contributed by atoms with Crippen LogP contribution in [0.2, 0.25) is 0 Å². The minimum Gasteiger partial charge on any atom is -0.497 e. The van der Waals surface area contributed by atoms with Gasteiger partial charge < -0.3 is 14.5 Å². The lowest BCUT2D eigenvalue weighted by Gasteiger charge is -2.07. The van der Waals surface area contributed by atoms with Crippen molar-refractivity contribution in [2.45, 2.75) is 0 Å². The molecule has 0 aliphatic carbocycles. The highest BCUT2D eigenvalue weighted by Crippen LogP contribution is 2.20. The van der Waals surface area contributed by atoms with Gasteiger partial charge in [-0.15, -0.1) is 0 Å². The highest BCUT2D eigenvalue weighted by Gasteiger charge is 2.13. The molecular formula is C20H15N3O4. The molecule has 2 aromatic heterocycles. The molecule has 0 atom stereocenters. The number of methoxy groups -OCH3 is 1. The van der Waals surface area contributed by atoms with Crippen molar-refractivity contribution in [2.24, 2.45) is 0 Å². The number of hydrogen-bond donors (Lipinski definition) is 1. The van der Waals surface area contributed by atoms with E-state index in [-0.39, 0.29) is 11.2 Å². The van der Waals surface area contributed by atoms with E-state index in [4.69, 9.17) is 9.15 Å². The van der Waals surface area contributed by atoms with Crippen LogP contribution >= 0.6 is 0 Å². The van der Waals surface area contributed by atoms with Gasteiger partial charge in [-0.05, 0) is 42.5 Å². The molecule has 1 amide bonds. The summed E-state index contributed by atoms with van der Waals surface area (Å²) in [7, 11) is 1.52. The molecule has 7 nitrogen and oxygen atoms in total. The van der Waals surface area contributed by atoms with E-state index in [0.29, 0.717) is 22.4 Å². The Morgan fingerprint density at radius 3 is 2.67 bits per heavy atom. The summed E-state index contributed by atoms with van der Waals surface area (Å²) in [6.45, 7) is 0. The van der Waals surface area contributed by atoms with Gasteiger partial charge in [0.2, 0.25) is 0 Å². The third-order valence-electron chi connectivity index (χ3n) is 4.05. The Morgan fingerprint density at radius 2 is 1.96 bits per heavy atom. The van der Waals surface area contributed by atoms with E-state index in [0.717, 1.165) is 5.69 Å². The summed E-state index contributed by atoms with van der Waals surface area (Å²) in [5, 5.41) is 7.25. The number of anilines is 1. The van der Waals surface area contributed by atoms with Crippen molar-refractivity contribution in [1.29, 1.82) is 0 Å². The zero-order valence-corrected chi connectivity index (χ0v) is 14.4. The van der Waals surface area contributed by atoms with Gasteiger partial charge in [0.05, 0.1) is 18.2 Å². The van der Waals surface area contributed by atoms with Crippen LogP contribution in [0.25, 0.3) is 16.7 Å². The molecular weight excluding hydrogens is 346 g/mol. The summed E-state index contributed by atoms with van der Waals surface area (Å²) >= 11 is 0. The number of carbonyl (C=O) groups excluding carboxylic acids is 1. The molecule has 2 heterocycles. The second-order valence-corrected chi connectivity index (χ2v) is 5.79. The first-order valence-electron chi connectivity index (χ1n) is 8.17. The lowest BCUT2D eigenvalue weighted by molar-refractivity contribution is 0.0997. The van der Waals surface area contributed by atoms with Gasteiger partial charge in [-0.2, -0.15) is 5.10 Å². The number of aromatic nitrogens is 2. The minimum absolute atomic E-state index is 0.0723. The fraction of sp³-hybridized carbons (Fsp3) is 0.0500. The van der Waals surface area contributed by atoms with E-state index < -0.39 is 5.91 Å². The molecule has 134 valence electrons. The standard InChI is InChI=1S/C20H15N3O4/c1-26-15-7-8-16-17(24)12-19(27-18(16)11-15)20(25)22-13-3-5-14(6-4-13)23-10-2-9-21-23/h2-12H,1H3,(H,22,25). The van der Waals surface area contributed by atoms with Crippen molar-refractivity contribution in [3.63, 3.8) is 0 Å². The number of amides is 1. The van der Waals surface area contributed by atoms with Crippen molar-refractivity contribution in [3.05, 3.63) is 83.0 Å². The molecule has 0 radical (unpaired) electrons. The molecule has 0 fully saturated rings. The van der Waals surface area contributed by atoms with E-state index >= 15 is 0 Å². The summed E-state index contributed by atoms with van der Waals surface area (Å²) < 4.78 is 12.4. The Labute approximate surface area is 153 Å². The fourth-order valence-electron chi connectivity index (χ4n) is 2.69. The van der Waals surface area contributed by atoms with Crippen LogP contribution in [0, 0.1) is 0 Å². The van der Waals surface area contributed by atoms with E-state index in [9.17, 15) is 9.59 Å². The quantitative estimate of drug-likeness (QED) is 0.603. The molecule has 0 saturated carbocycles. The second-order valence-electron chi connectivity index (χ2n) is 5.79. The number of hydrogen-bond acceptors (Lipinski definition) is 5. The topological polar surface area (TPSA) is 86.4 Å². The normalized spacial score (nSPS) is 10.7. The minimum atomic E-state index is -0.511.